The summed E-state index contributed by atoms with van der Waals surface area (Å²) < 4.78 is 131. The van der Waals surface area contributed by atoms with Gasteiger partial charge in [0.1, 0.15) is 0 Å². The molecule has 0 saturated heterocycles. The van der Waals surface area contributed by atoms with Gasteiger partial charge in [-0.15, -0.1) is 0 Å². The minimum Gasteiger partial charge on any atom is -0.282 e. The molecule has 4 rings (SSSR count). The van der Waals surface area contributed by atoms with Crippen molar-refractivity contribution in [1.29, 1.82) is 0 Å². The molecular formula is C26H22O12S4. The zero-order valence-electron chi connectivity index (χ0n) is 21.1. The molecule has 0 bridgehead atoms. The molecule has 42 heavy (non-hydrogen) atoms. The van der Waals surface area contributed by atoms with Crippen LogP contribution in [0.2, 0.25) is 0 Å². The summed E-state index contributed by atoms with van der Waals surface area (Å²) in [7, 11) is -18.2. The average molecular weight is 655 g/mol. The van der Waals surface area contributed by atoms with Crippen LogP contribution in [-0.4, -0.2) is 51.9 Å². The summed E-state index contributed by atoms with van der Waals surface area (Å²) in [6.07, 6.45) is 0. The monoisotopic (exact) mass is 654 g/mol. The van der Waals surface area contributed by atoms with Gasteiger partial charge in [0.05, 0.1) is 19.6 Å². The van der Waals surface area contributed by atoms with Gasteiger partial charge < -0.3 is 0 Å². The van der Waals surface area contributed by atoms with Crippen molar-refractivity contribution in [3.63, 3.8) is 0 Å². The molecule has 0 heterocycles. The summed E-state index contributed by atoms with van der Waals surface area (Å²) in [6.45, 7) is 0. The smallest absolute Gasteiger partial charge is 0.282 e. The van der Waals surface area contributed by atoms with Crippen LogP contribution in [0.5, 0.6) is 0 Å². The van der Waals surface area contributed by atoms with Gasteiger partial charge in [-0.2, -0.15) is 33.7 Å². The molecule has 0 aliphatic carbocycles. The molecule has 0 aliphatic heterocycles. The van der Waals surface area contributed by atoms with E-state index in [1.54, 1.807) is 0 Å². The summed E-state index contributed by atoms with van der Waals surface area (Å²) in [5.74, 6) is -1.60. The van der Waals surface area contributed by atoms with Gasteiger partial charge in [-0.1, -0.05) is 48.5 Å². The molecular weight excluding hydrogens is 633 g/mol. The van der Waals surface area contributed by atoms with Crippen molar-refractivity contribution in [2.24, 2.45) is 0 Å². The van der Waals surface area contributed by atoms with Crippen LogP contribution in [-0.2, 0) is 40.5 Å². The normalized spacial score (nSPS) is 13.0. The van der Waals surface area contributed by atoms with Gasteiger partial charge >= 0.3 is 0 Å². The summed E-state index contributed by atoms with van der Waals surface area (Å²) in [4.78, 5) is -1.62. The fourth-order valence-corrected chi connectivity index (χ4v) is 6.46. The van der Waals surface area contributed by atoms with Crippen molar-refractivity contribution in [3.05, 3.63) is 119 Å². The van der Waals surface area contributed by atoms with Gasteiger partial charge in [-0.05, 0) is 70.8 Å². The Balaban J connectivity index is 2.00. The molecule has 0 spiro atoms. The summed E-state index contributed by atoms with van der Waals surface area (Å²) in [6, 6.07) is 20.3. The van der Waals surface area contributed by atoms with Gasteiger partial charge in [0.2, 0.25) is 0 Å². The molecule has 0 aromatic heterocycles. The highest BCUT2D eigenvalue weighted by molar-refractivity contribution is 7.86. The van der Waals surface area contributed by atoms with Crippen LogP contribution in [0.3, 0.4) is 0 Å². The fourth-order valence-electron chi connectivity index (χ4n) is 4.54. The fraction of sp³-hybridized carbons (Fsp3) is 0.0769. The first kappa shape index (κ1) is 31.5. The van der Waals surface area contributed by atoms with E-state index in [1.807, 2.05) is 0 Å². The van der Waals surface area contributed by atoms with E-state index in [4.69, 9.17) is 0 Å². The second-order valence-electron chi connectivity index (χ2n) is 9.13. The largest absolute Gasteiger partial charge is 0.294 e. The van der Waals surface area contributed by atoms with Crippen molar-refractivity contribution >= 4 is 40.5 Å². The third kappa shape index (κ3) is 7.11. The Bertz CT molecular complexity index is 1730. The van der Waals surface area contributed by atoms with E-state index in [2.05, 4.69) is 0 Å². The maximum atomic E-state index is 11.7. The Morgan fingerprint density at radius 2 is 0.452 bits per heavy atom. The second kappa shape index (κ2) is 11.3. The molecule has 0 saturated carbocycles. The van der Waals surface area contributed by atoms with Crippen LogP contribution < -0.4 is 0 Å². The standard InChI is InChI=1S/C26H22O12S4/c27-39(28,29)21-9-1-17(2-10-21)25(18-3-11-22(12-4-18)40(30,31)32)26(19-5-13-23(14-6-19)41(33,34)35)20-7-15-24(16-8-20)42(36,37)38/h1-16,25-26H,(H,27,28,29)(H,30,31,32)(H,33,34,35)(H,36,37,38). The van der Waals surface area contributed by atoms with Crippen LogP contribution in [0.25, 0.3) is 0 Å². The van der Waals surface area contributed by atoms with Gasteiger partial charge in [0.15, 0.2) is 0 Å². The Hall–Kier alpha value is -3.48. The van der Waals surface area contributed by atoms with Gasteiger partial charge in [-0.3, -0.25) is 18.2 Å². The SMILES string of the molecule is O=S(=O)(O)c1ccc(C(c2ccc(S(=O)(=O)O)cc2)C(c2ccc(S(=O)(=O)O)cc2)c2ccc(S(=O)(=O)O)cc2)cc1. The molecule has 222 valence electrons. The van der Waals surface area contributed by atoms with E-state index in [9.17, 15) is 51.9 Å². The third-order valence-electron chi connectivity index (χ3n) is 6.48. The number of rotatable bonds is 9. The van der Waals surface area contributed by atoms with E-state index < -0.39 is 71.9 Å². The van der Waals surface area contributed by atoms with Crippen molar-refractivity contribution < 1.29 is 51.9 Å². The van der Waals surface area contributed by atoms with E-state index in [0.29, 0.717) is 22.3 Å². The predicted molar refractivity (Wildman–Crippen MR) is 149 cm³/mol. The molecule has 4 N–H and O–H groups in total. The van der Waals surface area contributed by atoms with Gasteiger partial charge in [0, 0.05) is 11.8 Å². The minimum atomic E-state index is -4.55. The Kier molecular flexibility index (Phi) is 8.47. The van der Waals surface area contributed by atoms with E-state index >= 15 is 0 Å². The zero-order chi connectivity index (χ0) is 31.1. The van der Waals surface area contributed by atoms with Crippen molar-refractivity contribution in [2.75, 3.05) is 0 Å². The molecule has 4 aromatic carbocycles. The molecule has 0 amide bonds. The number of benzene rings is 4. The molecule has 4 aromatic rings. The average Bonchev–Trinajstić information content (AvgIpc) is 2.90. The van der Waals surface area contributed by atoms with Gasteiger partial charge in [-0.25, -0.2) is 0 Å². The third-order valence-corrected chi connectivity index (χ3v) is 9.95. The summed E-state index contributed by atoms with van der Waals surface area (Å²) >= 11 is 0. The van der Waals surface area contributed by atoms with E-state index in [1.165, 1.54) is 48.5 Å². The number of hydrogen-bond donors (Lipinski definition) is 4. The zero-order valence-corrected chi connectivity index (χ0v) is 24.3. The van der Waals surface area contributed by atoms with Crippen LogP contribution in [0.4, 0.5) is 0 Å². The van der Waals surface area contributed by atoms with Crippen molar-refractivity contribution in [2.45, 2.75) is 31.4 Å². The maximum absolute atomic E-state index is 11.7. The summed E-state index contributed by atoms with van der Waals surface area (Å²) in [5.41, 5.74) is 1.74. The topological polar surface area (TPSA) is 217 Å². The predicted octanol–water partition coefficient (Wildman–Crippen LogP) is 3.64. The highest BCUT2D eigenvalue weighted by Gasteiger charge is 2.30. The lowest BCUT2D eigenvalue weighted by atomic mass is 9.74. The molecule has 0 unspecified atom stereocenters. The Morgan fingerprint density at radius 3 is 0.571 bits per heavy atom. The van der Waals surface area contributed by atoms with Crippen LogP contribution >= 0.6 is 0 Å². The Labute approximate surface area is 242 Å². The van der Waals surface area contributed by atoms with Crippen molar-refractivity contribution in [1.82, 2.24) is 0 Å². The first-order valence-electron chi connectivity index (χ1n) is 11.7. The summed E-state index contributed by atoms with van der Waals surface area (Å²) in [5, 5.41) is 0. The maximum Gasteiger partial charge on any atom is 0.294 e. The van der Waals surface area contributed by atoms with Crippen LogP contribution in [0, 0.1) is 0 Å². The van der Waals surface area contributed by atoms with E-state index in [-0.39, 0.29) is 0 Å². The lowest BCUT2D eigenvalue weighted by Crippen LogP contribution is -2.16. The highest BCUT2D eigenvalue weighted by atomic mass is 32.2. The molecule has 16 heteroatoms. The molecule has 12 nitrogen and oxygen atoms in total. The molecule has 0 atom stereocenters. The number of hydrogen-bond acceptors (Lipinski definition) is 8. The highest BCUT2D eigenvalue weighted by Crippen LogP contribution is 2.43. The Morgan fingerprint density at radius 1 is 0.310 bits per heavy atom. The first-order chi connectivity index (χ1) is 19.4. The molecule has 0 fully saturated rings. The van der Waals surface area contributed by atoms with Crippen LogP contribution in [0.1, 0.15) is 34.1 Å². The minimum absolute atomic E-state index is 0.404. The van der Waals surface area contributed by atoms with Crippen molar-refractivity contribution in [3.8, 4) is 0 Å². The second-order valence-corrected chi connectivity index (χ2v) is 14.8. The lowest BCUT2D eigenvalue weighted by Gasteiger charge is -2.30. The van der Waals surface area contributed by atoms with Gasteiger partial charge in [0.25, 0.3) is 40.5 Å². The van der Waals surface area contributed by atoms with Crippen LogP contribution in [0.15, 0.2) is 117 Å². The molecule has 0 aliphatic rings. The lowest BCUT2D eigenvalue weighted by molar-refractivity contribution is 0.480. The quantitative estimate of drug-likeness (QED) is 0.190. The molecule has 0 radical (unpaired) electrons. The van der Waals surface area contributed by atoms with E-state index in [0.717, 1.165) is 48.5 Å². The first-order valence-corrected chi connectivity index (χ1v) is 17.4.